The van der Waals surface area contributed by atoms with Crippen LogP contribution < -0.4 is 16.4 Å². The van der Waals surface area contributed by atoms with Crippen molar-refractivity contribution in [3.05, 3.63) is 199 Å². The third-order valence-corrected chi connectivity index (χ3v) is 11.8. The van der Waals surface area contributed by atoms with E-state index in [1.807, 2.05) is 72.8 Å². The number of piperazine rings is 1. The van der Waals surface area contributed by atoms with Crippen LogP contribution in [0.1, 0.15) is 44.8 Å². The first-order valence-corrected chi connectivity index (χ1v) is 19.3. The Hall–Kier alpha value is -6.85. The average molecular weight is 775 g/mol. The number of rotatable bonds is 9. The molecule has 1 aliphatic heterocycles. The van der Waals surface area contributed by atoms with E-state index in [4.69, 9.17) is 0 Å². The number of para-hydroxylation sites is 2. The molecule has 0 atom stereocenters. The lowest BCUT2D eigenvalue weighted by atomic mass is 9.75. The number of hydrogen-bond donors (Lipinski definition) is 3. The Morgan fingerprint density at radius 1 is 0.655 bits per heavy atom. The zero-order chi connectivity index (χ0) is 40.1. The maximum absolute atomic E-state index is 15.4. The number of hydrogen-bond acceptors (Lipinski definition) is 4. The molecule has 0 saturated carbocycles. The lowest BCUT2D eigenvalue weighted by molar-refractivity contribution is -0.124. The van der Waals surface area contributed by atoms with E-state index in [0.29, 0.717) is 50.6 Å². The van der Waals surface area contributed by atoms with Gasteiger partial charge in [0.25, 0.3) is 0 Å². The van der Waals surface area contributed by atoms with Crippen LogP contribution >= 0.6 is 0 Å². The molecule has 1 fully saturated rings. The number of halogens is 2. The molecular weight excluding hydrogens is 735 g/mol. The van der Waals surface area contributed by atoms with Crippen molar-refractivity contribution in [2.24, 2.45) is 0 Å². The van der Waals surface area contributed by atoms with E-state index < -0.39 is 5.54 Å². The second-order valence-electron chi connectivity index (χ2n) is 14.9. The van der Waals surface area contributed by atoms with Crippen LogP contribution in [0.15, 0.2) is 131 Å². The van der Waals surface area contributed by atoms with Gasteiger partial charge in [-0.25, -0.2) is 8.78 Å². The fraction of sp³-hybridized carbons (Fsp3) is 0.170. The lowest BCUT2D eigenvalue weighted by Gasteiger charge is -2.47. The summed E-state index contributed by atoms with van der Waals surface area (Å²) in [5.74, 6) is -0.698. The van der Waals surface area contributed by atoms with Gasteiger partial charge in [-0.2, -0.15) is 0 Å². The molecule has 9 rings (SSSR count). The number of fused-ring (bicyclic) bond motifs is 2. The van der Waals surface area contributed by atoms with Gasteiger partial charge in [0.05, 0.1) is 11.0 Å². The zero-order valence-electron chi connectivity index (χ0n) is 32.0. The summed E-state index contributed by atoms with van der Waals surface area (Å²) in [5.41, 5.74) is 6.04. The average Bonchev–Trinajstić information content (AvgIpc) is 3.73. The fourth-order valence-electron chi connectivity index (χ4n) is 9.07. The van der Waals surface area contributed by atoms with Gasteiger partial charge in [0.15, 0.2) is 0 Å². The first kappa shape index (κ1) is 36.8. The molecule has 8 aromatic rings. The third-order valence-electron chi connectivity index (χ3n) is 11.8. The Labute approximate surface area is 332 Å². The van der Waals surface area contributed by atoms with Crippen LogP contribution in [0.5, 0.6) is 0 Å². The van der Waals surface area contributed by atoms with Gasteiger partial charge in [0.1, 0.15) is 17.2 Å². The monoisotopic (exact) mass is 774 g/mol. The van der Waals surface area contributed by atoms with Gasteiger partial charge in [0.2, 0.25) is 17.5 Å². The van der Waals surface area contributed by atoms with Crippen molar-refractivity contribution in [2.45, 2.75) is 32.2 Å². The number of aromatic nitrogens is 4. The van der Waals surface area contributed by atoms with Gasteiger partial charge in [-0.3, -0.25) is 14.4 Å². The predicted molar refractivity (Wildman–Crippen MR) is 222 cm³/mol. The number of aromatic amines is 2. The number of benzene rings is 4. The number of nitrogens with zero attached hydrogens (tertiary/aromatic N) is 3. The summed E-state index contributed by atoms with van der Waals surface area (Å²) in [6, 6.07) is 32.6. The van der Waals surface area contributed by atoms with Crippen LogP contribution in [0.2, 0.25) is 0 Å². The summed E-state index contributed by atoms with van der Waals surface area (Å²) in [6.07, 6.45) is 4.65. The highest BCUT2D eigenvalue weighted by atomic mass is 19.1. The van der Waals surface area contributed by atoms with E-state index in [9.17, 15) is 14.4 Å². The number of pyridine rings is 2. The largest absolute Gasteiger partial charge is 0.329 e. The van der Waals surface area contributed by atoms with Crippen LogP contribution in [0.25, 0.3) is 33.2 Å². The summed E-state index contributed by atoms with van der Waals surface area (Å²) in [7, 11) is 0. The fourth-order valence-corrected chi connectivity index (χ4v) is 9.07. The van der Waals surface area contributed by atoms with Crippen molar-refractivity contribution in [1.29, 1.82) is 0 Å². The van der Waals surface area contributed by atoms with E-state index in [1.165, 1.54) is 12.1 Å². The summed E-state index contributed by atoms with van der Waals surface area (Å²) >= 11 is 0. The molecule has 58 heavy (non-hydrogen) atoms. The molecule has 0 aliphatic carbocycles. The van der Waals surface area contributed by atoms with Crippen LogP contribution in [0.4, 0.5) is 8.78 Å². The minimum atomic E-state index is -1.38. The number of carbonyl (C=O) groups is 1. The molecule has 3 N–H and O–H groups in total. The molecular formula is C47H40F2N6O3. The molecule has 5 heterocycles. The van der Waals surface area contributed by atoms with E-state index in [1.54, 1.807) is 55.4 Å². The molecule has 4 aromatic heterocycles. The minimum Gasteiger partial charge on any atom is -0.329 e. The van der Waals surface area contributed by atoms with Gasteiger partial charge >= 0.3 is 0 Å². The molecule has 9 nitrogen and oxygen atoms in total. The first-order chi connectivity index (χ1) is 28.2. The Kier molecular flexibility index (Phi) is 9.24. The summed E-state index contributed by atoms with van der Waals surface area (Å²) in [4.78, 5) is 48.5. The highest BCUT2D eigenvalue weighted by Crippen LogP contribution is 2.49. The number of amides is 1. The second-order valence-corrected chi connectivity index (χ2v) is 14.9. The summed E-state index contributed by atoms with van der Waals surface area (Å²) in [6.45, 7) is 4.45. The van der Waals surface area contributed by atoms with Gasteiger partial charge in [0, 0.05) is 102 Å². The van der Waals surface area contributed by atoms with Crippen molar-refractivity contribution in [2.75, 3.05) is 19.6 Å². The van der Waals surface area contributed by atoms with Gasteiger partial charge in [-0.05, 0) is 72.5 Å². The van der Waals surface area contributed by atoms with Crippen LogP contribution in [0, 0.1) is 25.5 Å². The lowest BCUT2D eigenvalue weighted by Crippen LogP contribution is -2.59. The SMILES string of the molecule is Cc1c(F)cccc1Cc1c(C2(c3c(Cc4cccc(F)c4C)n(-c4ccccc4)c4c[nH]c(=O)cc34)CNCCN2C=O)c2cc(=O)[nH]cc2n1-c1ccccc1. The van der Waals surface area contributed by atoms with Crippen molar-refractivity contribution in [1.82, 2.24) is 29.3 Å². The molecule has 11 heteroatoms. The smallest absolute Gasteiger partial charge is 0.248 e. The van der Waals surface area contributed by atoms with E-state index in [0.717, 1.165) is 40.3 Å². The number of carbonyl (C=O) groups excluding carboxylic acids is 1. The Morgan fingerprint density at radius 3 is 1.57 bits per heavy atom. The van der Waals surface area contributed by atoms with Crippen LogP contribution in [-0.4, -0.2) is 50.0 Å². The van der Waals surface area contributed by atoms with Gasteiger partial charge in [-0.15, -0.1) is 0 Å². The molecule has 4 aromatic carbocycles. The molecule has 0 unspecified atom stereocenters. The second kappa shape index (κ2) is 14.6. The summed E-state index contributed by atoms with van der Waals surface area (Å²) in [5, 5.41) is 4.78. The molecule has 0 spiro atoms. The maximum Gasteiger partial charge on any atom is 0.248 e. The molecule has 290 valence electrons. The van der Waals surface area contributed by atoms with Gasteiger partial charge < -0.3 is 29.3 Å². The molecule has 1 aliphatic rings. The van der Waals surface area contributed by atoms with Crippen LogP contribution in [0.3, 0.4) is 0 Å². The highest BCUT2D eigenvalue weighted by Gasteiger charge is 2.49. The predicted octanol–water partition coefficient (Wildman–Crippen LogP) is 7.33. The number of H-pyrrole nitrogens is 2. The van der Waals surface area contributed by atoms with E-state index in [2.05, 4.69) is 24.4 Å². The van der Waals surface area contributed by atoms with Crippen molar-refractivity contribution in [3.63, 3.8) is 0 Å². The van der Waals surface area contributed by atoms with Crippen molar-refractivity contribution in [3.8, 4) is 11.4 Å². The maximum atomic E-state index is 15.4. The molecule has 1 saturated heterocycles. The minimum absolute atomic E-state index is 0.192. The van der Waals surface area contributed by atoms with Crippen LogP contribution in [-0.2, 0) is 23.2 Å². The Balaban J connectivity index is 1.51. The molecule has 0 bridgehead atoms. The molecule has 1 amide bonds. The van der Waals surface area contributed by atoms with E-state index in [-0.39, 0.29) is 48.7 Å². The van der Waals surface area contributed by atoms with Gasteiger partial charge in [-0.1, -0.05) is 60.7 Å². The standard InChI is InChI=1S/C47H40F2N6O3/c1-29-31(11-9-17-37(29)48)21-39-45(35-23-43(57)51-25-41(35)54(39)33-13-5-3-6-14-33)47(27-50-19-20-53(47)28-56)46-36-24-44(58)52-26-42(36)55(34-15-7-4-8-16-34)40(46)22-32-12-10-18-38(49)30(32)2/h3-18,23-26,28,50H,19-22,27H2,1-2H3,(H,51,57)(H,52,58). The Bertz CT molecular complexity index is 2800. The summed E-state index contributed by atoms with van der Waals surface area (Å²) < 4.78 is 34.9. The first-order valence-electron chi connectivity index (χ1n) is 19.3. The topological polar surface area (TPSA) is 108 Å². The Morgan fingerprint density at radius 2 is 1.12 bits per heavy atom. The number of nitrogens with one attached hydrogen (secondary N) is 3. The van der Waals surface area contributed by atoms with Crippen molar-refractivity contribution >= 4 is 28.2 Å². The zero-order valence-corrected chi connectivity index (χ0v) is 32.0. The normalized spacial score (nSPS) is 14.0. The molecule has 0 radical (unpaired) electrons. The third kappa shape index (κ3) is 5.89. The van der Waals surface area contributed by atoms with E-state index >= 15 is 8.78 Å². The quantitative estimate of drug-likeness (QED) is 0.134. The highest BCUT2D eigenvalue weighted by molar-refractivity contribution is 5.94. The van der Waals surface area contributed by atoms with Crippen molar-refractivity contribution < 1.29 is 13.6 Å².